The monoisotopic (exact) mass is 461 g/mol. The summed E-state index contributed by atoms with van der Waals surface area (Å²) in [6.45, 7) is 3.23. The van der Waals surface area contributed by atoms with Crippen LogP contribution in [0.25, 0.3) is 11.2 Å². The zero-order valence-corrected chi connectivity index (χ0v) is 18.7. The van der Waals surface area contributed by atoms with E-state index in [2.05, 4.69) is 15.3 Å². The molecule has 2 aromatic heterocycles. The number of para-hydroxylation sites is 1. The lowest BCUT2D eigenvalue weighted by atomic mass is 10.2. The number of ether oxygens (including phenoxy) is 1. The first-order valence-corrected chi connectivity index (χ1v) is 11.5. The highest BCUT2D eigenvalue weighted by molar-refractivity contribution is 7.99. The highest BCUT2D eigenvalue weighted by atomic mass is 32.2. The molecule has 4 rings (SSSR count). The molecule has 0 spiro atoms. The molecule has 10 nitrogen and oxygen atoms in total. The molecule has 0 atom stereocenters. The maximum absolute atomic E-state index is 12.2. The maximum atomic E-state index is 12.2. The van der Waals surface area contributed by atoms with Crippen molar-refractivity contribution < 1.29 is 20.0 Å². The zero-order valence-electron chi connectivity index (χ0n) is 17.9. The Hall–Kier alpha value is -3.05. The molecule has 3 N–H and O–H groups in total. The van der Waals surface area contributed by atoms with E-state index >= 15 is 0 Å². The number of nitrogens with two attached hydrogens (primary N) is 1. The Labute approximate surface area is 188 Å². The van der Waals surface area contributed by atoms with Crippen molar-refractivity contribution in [1.82, 2.24) is 19.1 Å². The Morgan fingerprint density at radius 1 is 1.22 bits per heavy atom. The molecule has 3 aromatic rings. The number of fused-ring (bicyclic) bond motifs is 1. The second-order valence-corrected chi connectivity index (χ2v) is 8.23. The van der Waals surface area contributed by atoms with Crippen molar-refractivity contribution in [3.05, 3.63) is 51.2 Å². The van der Waals surface area contributed by atoms with Crippen LogP contribution in [0.15, 0.2) is 45.1 Å². The van der Waals surface area contributed by atoms with Gasteiger partial charge in [0.25, 0.3) is 5.56 Å². The number of aryl methyl sites for hydroxylation is 1. The lowest BCUT2D eigenvalue weighted by Crippen LogP contribution is -2.85. The van der Waals surface area contributed by atoms with Crippen LogP contribution in [0.1, 0.15) is 19.3 Å². The predicted molar refractivity (Wildman–Crippen MR) is 119 cm³/mol. The number of H-pyrrole nitrogens is 1. The Kier molecular flexibility index (Phi) is 8.51. The third kappa shape index (κ3) is 6.24. The maximum Gasteiger partial charge on any atom is 0.329 e. The number of benzene rings is 1. The van der Waals surface area contributed by atoms with Gasteiger partial charge in [-0.25, -0.2) is 9.78 Å². The molecule has 1 aliphatic heterocycles. The van der Waals surface area contributed by atoms with Crippen LogP contribution < -0.4 is 26.4 Å². The lowest BCUT2D eigenvalue weighted by Gasteiger charge is -2.10. The number of quaternary nitrogens is 1. The van der Waals surface area contributed by atoms with Gasteiger partial charge in [0, 0.05) is 12.8 Å². The van der Waals surface area contributed by atoms with E-state index in [4.69, 9.17) is 4.74 Å². The van der Waals surface area contributed by atoms with E-state index in [1.165, 1.54) is 44.0 Å². The zero-order chi connectivity index (χ0) is 22.9. The second-order valence-electron chi connectivity index (χ2n) is 7.29. The van der Waals surface area contributed by atoms with Gasteiger partial charge in [0.05, 0.1) is 25.6 Å². The smallest absolute Gasteiger partial charge is 0.329 e. The van der Waals surface area contributed by atoms with E-state index < -0.39 is 17.2 Å². The van der Waals surface area contributed by atoms with Gasteiger partial charge in [-0.15, -0.1) is 0 Å². The normalized spacial score (nSPS) is 13.4. The van der Waals surface area contributed by atoms with Crippen molar-refractivity contribution in [1.29, 1.82) is 0 Å². The average Bonchev–Trinajstić information content (AvgIpc) is 3.17. The summed E-state index contributed by atoms with van der Waals surface area (Å²) < 4.78 is 8.38. The number of carboxylic acids is 1. The van der Waals surface area contributed by atoms with Crippen LogP contribution in [0.4, 0.5) is 0 Å². The fraction of sp³-hybridized carbons (Fsp3) is 0.429. The van der Waals surface area contributed by atoms with Crippen LogP contribution >= 0.6 is 11.8 Å². The molecule has 172 valence electrons. The fourth-order valence-electron chi connectivity index (χ4n) is 3.33. The van der Waals surface area contributed by atoms with E-state index in [9.17, 15) is 19.5 Å². The number of thioether (sulfide) groups is 1. The molecule has 1 fully saturated rings. The highest BCUT2D eigenvalue weighted by Crippen LogP contribution is 2.21. The summed E-state index contributed by atoms with van der Waals surface area (Å²) in [4.78, 5) is 41.3. The number of aromatic amines is 1. The summed E-state index contributed by atoms with van der Waals surface area (Å²) in [7, 11) is 1.48. The van der Waals surface area contributed by atoms with Crippen LogP contribution in [-0.4, -0.2) is 50.5 Å². The molecular weight excluding hydrogens is 434 g/mol. The summed E-state index contributed by atoms with van der Waals surface area (Å²) in [5.74, 6) is -0.909. The molecule has 0 amide bonds. The number of nitrogens with one attached hydrogen (secondary N) is 1. The highest BCUT2D eigenvalue weighted by Gasteiger charge is 2.17. The molecular formula is C21H27N5O5S. The molecule has 0 radical (unpaired) electrons. The number of rotatable bonds is 7. The average molecular weight is 462 g/mol. The van der Waals surface area contributed by atoms with Gasteiger partial charge in [-0.05, 0) is 31.4 Å². The number of carboxylic acid groups (broad SMARTS) is 1. The fourth-order valence-corrected chi connectivity index (χ4v) is 4.06. The number of hydrogen-bond acceptors (Lipinski definition) is 7. The SMILES string of the molecule is C1CC[NH2+]CC1.Cn1c(=O)[nH]c(=O)c2c1nc(SCC(=O)[O-])n2CCOc1ccccc1. The van der Waals surface area contributed by atoms with Crippen molar-refractivity contribution in [3.63, 3.8) is 0 Å². The number of carbonyl (C=O) groups is 1. The standard InChI is InChI=1S/C16H16N4O5S.C5H11N/c1-19-13-12(14(23)18-15(19)24)20(16(17-13)26-9-11(21)22)7-8-25-10-5-3-2-4-6-10;1-2-4-6-5-3-1/h2-6H,7-9H2,1H3,(H,21,22)(H,18,23,24);6H,1-5H2. The van der Waals surface area contributed by atoms with Crippen molar-refractivity contribution >= 4 is 28.9 Å². The number of imidazole rings is 1. The Bertz CT molecular complexity index is 1140. The van der Waals surface area contributed by atoms with Crippen LogP contribution in [-0.2, 0) is 18.4 Å². The number of carbonyl (C=O) groups excluding carboxylic acids is 1. The van der Waals surface area contributed by atoms with Crippen molar-refractivity contribution in [2.45, 2.75) is 31.0 Å². The van der Waals surface area contributed by atoms with Crippen LogP contribution in [0.2, 0.25) is 0 Å². The number of aromatic nitrogens is 4. The molecule has 1 aromatic carbocycles. The molecule has 0 aliphatic carbocycles. The van der Waals surface area contributed by atoms with Gasteiger partial charge in [0.1, 0.15) is 12.4 Å². The summed E-state index contributed by atoms with van der Waals surface area (Å²) in [5.41, 5.74) is -0.816. The van der Waals surface area contributed by atoms with Gasteiger partial charge in [-0.1, -0.05) is 30.0 Å². The summed E-state index contributed by atoms with van der Waals surface area (Å²) >= 11 is 0.917. The van der Waals surface area contributed by atoms with Gasteiger partial charge in [-0.2, -0.15) is 0 Å². The molecule has 11 heteroatoms. The molecule has 0 bridgehead atoms. The minimum Gasteiger partial charge on any atom is -0.549 e. The van der Waals surface area contributed by atoms with E-state index in [1.807, 2.05) is 18.2 Å². The van der Waals surface area contributed by atoms with E-state index in [0.717, 1.165) is 11.8 Å². The third-order valence-electron chi connectivity index (χ3n) is 4.93. The summed E-state index contributed by atoms with van der Waals surface area (Å²) in [6, 6.07) is 9.14. The number of nitrogens with zero attached hydrogens (tertiary/aromatic N) is 3. The van der Waals surface area contributed by atoms with Crippen molar-refractivity contribution in [2.24, 2.45) is 7.05 Å². The van der Waals surface area contributed by atoms with E-state index in [-0.39, 0.29) is 30.1 Å². The summed E-state index contributed by atoms with van der Waals surface area (Å²) in [5, 5.41) is 13.5. The topological polar surface area (TPSA) is 139 Å². The minimum absolute atomic E-state index is 0.180. The molecule has 0 unspecified atom stereocenters. The molecule has 1 aliphatic rings. The summed E-state index contributed by atoms with van der Waals surface area (Å²) in [6.07, 6.45) is 4.36. The molecule has 3 heterocycles. The third-order valence-corrected chi connectivity index (χ3v) is 5.88. The van der Waals surface area contributed by atoms with Gasteiger partial charge in [-0.3, -0.25) is 14.3 Å². The lowest BCUT2D eigenvalue weighted by molar-refractivity contribution is -0.662. The van der Waals surface area contributed by atoms with Crippen LogP contribution in [0.5, 0.6) is 5.75 Å². The quantitative estimate of drug-likeness (QED) is 0.434. The van der Waals surface area contributed by atoms with E-state index in [0.29, 0.717) is 10.9 Å². The second kappa shape index (κ2) is 11.5. The Balaban J connectivity index is 0.000000416. The van der Waals surface area contributed by atoms with Crippen molar-refractivity contribution in [3.8, 4) is 5.75 Å². The first-order chi connectivity index (χ1) is 15.5. The minimum atomic E-state index is -1.25. The van der Waals surface area contributed by atoms with Crippen molar-refractivity contribution in [2.75, 3.05) is 25.4 Å². The number of hydrogen-bond donors (Lipinski definition) is 2. The largest absolute Gasteiger partial charge is 0.549 e. The Morgan fingerprint density at radius 3 is 2.53 bits per heavy atom. The van der Waals surface area contributed by atoms with Gasteiger partial charge in [0.15, 0.2) is 16.3 Å². The van der Waals surface area contributed by atoms with Crippen LogP contribution in [0.3, 0.4) is 0 Å². The molecule has 1 saturated heterocycles. The van der Waals surface area contributed by atoms with Crippen LogP contribution in [0, 0.1) is 0 Å². The van der Waals surface area contributed by atoms with Gasteiger partial charge < -0.3 is 24.5 Å². The predicted octanol–water partition coefficient (Wildman–Crippen LogP) is -0.922. The van der Waals surface area contributed by atoms with Gasteiger partial charge >= 0.3 is 5.69 Å². The van der Waals surface area contributed by atoms with E-state index in [1.54, 1.807) is 16.7 Å². The molecule has 0 saturated carbocycles. The van der Waals surface area contributed by atoms with Gasteiger partial charge in [0.2, 0.25) is 0 Å². The Morgan fingerprint density at radius 2 is 1.94 bits per heavy atom. The molecule has 32 heavy (non-hydrogen) atoms. The first-order valence-electron chi connectivity index (χ1n) is 10.5. The number of aliphatic carboxylic acids is 1. The number of piperidine rings is 1. The first kappa shape index (κ1) is 23.6.